The third-order valence-electron chi connectivity index (χ3n) is 3.80. The van der Waals surface area contributed by atoms with E-state index in [2.05, 4.69) is 41.6 Å². The summed E-state index contributed by atoms with van der Waals surface area (Å²) in [6.07, 6.45) is 4.97. The van der Waals surface area contributed by atoms with Gasteiger partial charge in [-0.15, -0.1) is 5.10 Å². The van der Waals surface area contributed by atoms with E-state index >= 15 is 0 Å². The molecule has 2 rings (SSSR count). The van der Waals surface area contributed by atoms with Crippen LogP contribution in [0, 0.1) is 5.92 Å². The molecule has 0 spiro atoms. The number of tetrazole rings is 1. The summed E-state index contributed by atoms with van der Waals surface area (Å²) in [5, 5.41) is 15.5. The summed E-state index contributed by atoms with van der Waals surface area (Å²) < 4.78 is 1.62. The Bertz CT molecular complexity index is 555. The molecule has 0 fully saturated rings. The number of hydrogen-bond donors (Lipinski definition) is 1. The maximum atomic E-state index is 6.31. The van der Waals surface area contributed by atoms with Gasteiger partial charge < -0.3 is 5.32 Å². The molecule has 0 radical (unpaired) electrons. The van der Waals surface area contributed by atoms with Crippen LogP contribution in [0.2, 0.25) is 5.02 Å². The number of benzene rings is 1. The van der Waals surface area contributed by atoms with E-state index in [1.807, 2.05) is 18.2 Å². The van der Waals surface area contributed by atoms with Crippen LogP contribution in [0.3, 0.4) is 0 Å². The Labute approximate surface area is 130 Å². The smallest absolute Gasteiger partial charge is 0.143 e. The van der Waals surface area contributed by atoms with Crippen LogP contribution in [0.5, 0.6) is 0 Å². The summed E-state index contributed by atoms with van der Waals surface area (Å²) in [6.45, 7) is 6.70. The van der Waals surface area contributed by atoms with Crippen molar-refractivity contribution < 1.29 is 0 Å². The molecule has 0 bridgehead atoms. The van der Waals surface area contributed by atoms with Gasteiger partial charge in [-0.1, -0.05) is 38.8 Å². The molecular weight excluding hydrogens is 286 g/mol. The molecule has 2 atom stereocenters. The molecular formula is C15H22ClN5. The first-order valence-corrected chi connectivity index (χ1v) is 7.81. The zero-order valence-electron chi connectivity index (χ0n) is 12.8. The highest BCUT2D eigenvalue weighted by molar-refractivity contribution is 6.33. The van der Waals surface area contributed by atoms with E-state index in [0.29, 0.717) is 12.0 Å². The predicted molar refractivity (Wildman–Crippen MR) is 85.9 cm³/mol. The Morgan fingerprint density at radius 1 is 1.29 bits per heavy atom. The Kier molecular flexibility index (Phi) is 5.56. The highest BCUT2D eigenvalue weighted by Crippen LogP contribution is 2.27. The number of nitrogens with one attached hydrogen (secondary N) is 1. The van der Waals surface area contributed by atoms with E-state index in [1.165, 1.54) is 6.42 Å². The average molecular weight is 308 g/mol. The maximum absolute atomic E-state index is 6.31. The van der Waals surface area contributed by atoms with Gasteiger partial charge in [-0.3, -0.25) is 0 Å². The molecule has 0 saturated heterocycles. The highest BCUT2D eigenvalue weighted by atomic mass is 35.5. The van der Waals surface area contributed by atoms with Crippen molar-refractivity contribution in [3.8, 4) is 5.69 Å². The normalized spacial score (nSPS) is 13.9. The molecule has 2 aromatic rings. The fourth-order valence-corrected chi connectivity index (χ4v) is 2.42. The maximum Gasteiger partial charge on any atom is 0.143 e. The van der Waals surface area contributed by atoms with Gasteiger partial charge in [-0.05, 0) is 47.4 Å². The number of rotatable bonds is 7. The molecule has 0 aliphatic carbocycles. The van der Waals surface area contributed by atoms with Crippen molar-refractivity contribution in [2.75, 3.05) is 5.32 Å². The van der Waals surface area contributed by atoms with Crippen molar-refractivity contribution in [1.82, 2.24) is 20.2 Å². The summed E-state index contributed by atoms with van der Waals surface area (Å²) in [6, 6.07) is 6.18. The SMILES string of the molecule is CCC(C)CC(CC)Nc1cc(-n2cnnn2)ccc1Cl. The van der Waals surface area contributed by atoms with E-state index < -0.39 is 0 Å². The molecule has 0 aliphatic heterocycles. The first-order valence-electron chi connectivity index (χ1n) is 7.43. The van der Waals surface area contributed by atoms with Crippen molar-refractivity contribution in [3.63, 3.8) is 0 Å². The van der Waals surface area contributed by atoms with Crippen LogP contribution < -0.4 is 5.32 Å². The highest BCUT2D eigenvalue weighted by Gasteiger charge is 2.13. The van der Waals surface area contributed by atoms with Crippen LogP contribution in [0.4, 0.5) is 5.69 Å². The van der Waals surface area contributed by atoms with Gasteiger partial charge in [0.25, 0.3) is 0 Å². The van der Waals surface area contributed by atoms with Gasteiger partial charge in [0, 0.05) is 6.04 Å². The fraction of sp³-hybridized carbons (Fsp3) is 0.533. The van der Waals surface area contributed by atoms with Crippen molar-refractivity contribution in [1.29, 1.82) is 0 Å². The zero-order chi connectivity index (χ0) is 15.2. The third-order valence-corrected chi connectivity index (χ3v) is 4.13. The molecule has 0 aliphatic rings. The van der Waals surface area contributed by atoms with E-state index in [-0.39, 0.29) is 0 Å². The lowest BCUT2D eigenvalue weighted by atomic mass is 9.97. The third kappa shape index (κ3) is 4.17. The second kappa shape index (κ2) is 7.41. The van der Waals surface area contributed by atoms with Crippen LogP contribution >= 0.6 is 11.6 Å². The predicted octanol–water partition coefficient (Wildman–Crippen LogP) is 3.94. The molecule has 5 nitrogen and oxygen atoms in total. The van der Waals surface area contributed by atoms with Crippen LogP contribution in [0.1, 0.15) is 40.0 Å². The van der Waals surface area contributed by atoms with Crippen molar-refractivity contribution in [3.05, 3.63) is 29.5 Å². The van der Waals surface area contributed by atoms with Crippen LogP contribution in [-0.2, 0) is 0 Å². The second-order valence-electron chi connectivity index (χ2n) is 5.42. The molecule has 0 amide bonds. The number of aromatic nitrogens is 4. The molecule has 2 unspecified atom stereocenters. The molecule has 0 saturated carbocycles. The molecule has 1 aromatic carbocycles. The van der Waals surface area contributed by atoms with Crippen LogP contribution in [0.25, 0.3) is 5.69 Å². The Hall–Kier alpha value is -1.62. The van der Waals surface area contributed by atoms with E-state index in [4.69, 9.17) is 11.6 Å². The van der Waals surface area contributed by atoms with Gasteiger partial charge >= 0.3 is 0 Å². The van der Waals surface area contributed by atoms with E-state index in [1.54, 1.807) is 11.0 Å². The van der Waals surface area contributed by atoms with Gasteiger partial charge in [0.05, 0.1) is 16.4 Å². The van der Waals surface area contributed by atoms with Crippen molar-refractivity contribution in [2.45, 2.75) is 46.1 Å². The minimum absolute atomic E-state index is 0.418. The summed E-state index contributed by atoms with van der Waals surface area (Å²) in [5.41, 5.74) is 1.82. The Balaban J connectivity index is 2.16. The van der Waals surface area contributed by atoms with Gasteiger partial charge in [-0.25, -0.2) is 4.68 Å². The summed E-state index contributed by atoms with van der Waals surface area (Å²) in [4.78, 5) is 0. The average Bonchev–Trinajstić information content (AvgIpc) is 3.02. The number of anilines is 1. The van der Waals surface area contributed by atoms with Crippen molar-refractivity contribution >= 4 is 17.3 Å². The quantitative estimate of drug-likeness (QED) is 0.841. The lowest BCUT2D eigenvalue weighted by molar-refractivity contribution is 0.462. The number of nitrogens with zero attached hydrogens (tertiary/aromatic N) is 4. The molecule has 1 aromatic heterocycles. The van der Waals surface area contributed by atoms with Crippen molar-refractivity contribution in [2.24, 2.45) is 5.92 Å². The first kappa shape index (κ1) is 15.8. The van der Waals surface area contributed by atoms with Gasteiger partial charge in [0.15, 0.2) is 0 Å². The number of halogens is 1. The summed E-state index contributed by atoms with van der Waals surface area (Å²) >= 11 is 6.31. The second-order valence-corrected chi connectivity index (χ2v) is 5.82. The first-order chi connectivity index (χ1) is 10.1. The fourth-order valence-electron chi connectivity index (χ4n) is 2.25. The largest absolute Gasteiger partial charge is 0.381 e. The monoisotopic (exact) mass is 307 g/mol. The topological polar surface area (TPSA) is 55.6 Å². The Morgan fingerprint density at radius 2 is 2.10 bits per heavy atom. The van der Waals surface area contributed by atoms with Crippen LogP contribution in [0.15, 0.2) is 24.5 Å². The van der Waals surface area contributed by atoms with E-state index in [0.717, 1.165) is 29.2 Å². The van der Waals surface area contributed by atoms with Gasteiger partial charge in [-0.2, -0.15) is 0 Å². The number of hydrogen-bond acceptors (Lipinski definition) is 4. The lowest BCUT2D eigenvalue weighted by Crippen LogP contribution is -2.21. The van der Waals surface area contributed by atoms with Gasteiger partial charge in [0.2, 0.25) is 0 Å². The molecule has 6 heteroatoms. The summed E-state index contributed by atoms with van der Waals surface area (Å²) in [5.74, 6) is 0.698. The molecule has 114 valence electrons. The van der Waals surface area contributed by atoms with Gasteiger partial charge in [0.1, 0.15) is 6.33 Å². The molecule has 1 heterocycles. The minimum Gasteiger partial charge on any atom is -0.381 e. The summed E-state index contributed by atoms with van der Waals surface area (Å²) in [7, 11) is 0. The Morgan fingerprint density at radius 3 is 2.71 bits per heavy atom. The molecule has 1 N–H and O–H groups in total. The molecule has 21 heavy (non-hydrogen) atoms. The standard InChI is InChI=1S/C15H22ClN5/c1-4-11(3)8-12(5-2)18-15-9-13(6-7-14(15)16)21-10-17-19-20-21/h6-7,9-12,18H,4-5,8H2,1-3H3. The van der Waals surface area contributed by atoms with E-state index in [9.17, 15) is 0 Å². The minimum atomic E-state index is 0.418. The van der Waals surface area contributed by atoms with Crippen LogP contribution in [-0.4, -0.2) is 26.2 Å². The lowest BCUT2D eigenvalue weighted by Gasteiger charge is -2.22. The zero-order valence-corrected chi connectivity index (χ0v) is 13.5.